The van der Waals surface area contributed by atoms with Crippen LogP contribution in [0.25, 0.3) is 0 Å². The first kappa shape index (κ1) is 21.8. The Bertz CT molecular complexity index is 600. The third kappa shape index (κ3) is 6.52. The topological polar surface area (TPSA) is 81.5 Å². The van der Waals surface area contributed by atoms with Gasteiger partial charge in [0.2, 0.25) is 5.91 Å². The van der Waals surface area contributed by atoms with E-state index in [9.17, 15) is 14.9 Å². The van der Waals surface area contributed by atoms with Crippen molar-refractivity contribution < 1.29 is 14.1 Å². The fourth-order valence-corrected chi connectivity index (χ4v) is 3.25. The molecule has 0 aliphatic heterocycles. The molecular weight excluding hydrogens is 404 g/mol. The van der Waals surface area contributed by atoms with Crippen LogP contribution in [-0.4, -0.2) is 31.1 Å². The summed E-state index contributed by atoms with van der Waals surface area (Å²) in [5, 5.41) is 14.1. The second kappa shape index (κ2) is 8.91. The van der Waals surface area contributed by atoms with Crippen LogP contribution in [0.1, 0.15) is 38.8 Å². The van der Waals surface area contributed by atoms with Crippen molar-refractivity contribution in [2.75, 3.05) is 11.9 Å². The molecule has 1 atom stereocenters. The molecule has 8 heteroatoms. The summed E-state index contributed by atoms with van der Waals surface area (Å²) >= 11 is 3.15. The molecule has 0 heterocycles. The van der Waals surface area contributed by atoms with E-state index >= 15 is 0 Å². The summed E-state index contributed by atoms with van der Waals surface area (Å²) in [6.45, 7) is 11.4. The molecule has 0 bridgehead atoms. The lowest BCUT2D eigenvalue weighted by atomic mass is 10.0. The number of nitro benzene ring substituents is 1. The van der Waals surface area contributed by atoms with Crippen molar-refractivity contribution in [2.45, 2.75) is 51.4 Å². The molecule has 6 nitrogen and oxygen atoms in total. The zero-order chi connectivity index (χ0) is 19.3. The Morgan fingerprint density at radius 3 is 2.32 bits per heavy atom. The van der Waals surface area contributed by atoms with Gasteiger partial charge in [-0.25, -0.2) is 0 Å². The number of amides is 1. The van der Waals surface area contributed by atoms with Crippen molar-refractivity contribution in [2.24, 2.45) is 0 Å². The first-order chi connectivity index (χ1) is 11.5. The summed E-state index contributed by atoms with van der Waals surface area (Å²) in [4.78, 5) is 22.2. The van der Waals surface area contributed by atoms with E-state index in [-0.39, 0.29) is 28.0 Å². The van der Waals surface area contributed by atoms with Crippen LogP contribution >= 0.6 is 15.9 Å². The standard InChI is InChI=1S/C17H27BrN2O4Si/c1-17(2,3)25(4,5)24-11-10-15(19-16(21)12-18)13-6-8-14(9-7-13)20(22)23/h6-9,15H,10-12H2,1-5H3,(H,19,21)/t15-/m1/s1. The average molecular weight is 431 g/mol. The number of carbonyl (C=O) groups is 1. The average Bonchev–Trinajstić information content (AvgIpc) is 2.52. The van der Waals surface area contributed by atoms with Crippen LogP contribution in [0, 0.1) is 10.1 Å². The molecule has 1 rings (SSSR count). The van der Waals surface area contributed by atoms with Crippen LogP contribution in [0.5, 0.6) is 0 Å². The minimum atomic E-state index is -1.86. The van der Waals surface area contributed by atoms with Crippen molar-refractivity contribution >= 4 is 35.8 Å². The molecule has 140 valence electrons. The predicted octanol–water partition coefficient (Wildman–Crippen LogP) is 4.56. The molecule has 0 spiro atoms. The number of nitro groups is 1. The second-order valence-electron chi connectivity index (χ2n) is 7.50. The maximum Gasteiger partial charge on any atom is 0.269 e. The number of alkyl halides is 1. The zero-order valence-electron chi connectivity index (χ0n) is 15.5. The second-order valence-corrected chi connectivity index (χ2v) is 12.9. The number of nitrogens with one attached hydrogen (secondary N) is 1. The molecule has 0 aliphatic rings. The summed E-state index contributed by atoms with van der Waals surface area (Å²) in [5.41, 5.74) is 0.866. The van der Waals surface area contributed by atoms with Crippen LogP contribution in [0.4, 0.5) is 5.69 Å². The fraction of sp³-hybridized carbons (Fsp3) is 0.588. The van der Waals surface area contributed by atoms with Crippen LogP contribution in [0.15, 0.2) is 24.3 Å². The first-order valence-corrected chi connectivity index (χ1v) is 12.2. The van der Waals surface area contributed by atoms with Gasteiger partial charge >= 0.3 is 0 Å². The molecule has 0 radical (unpaired) electrons. The smallest absolute Gasteiger partial charge is 0.269 e. The van der Waals surface area contributed by atoms with Crippen molar-refractivity contribution in [3.63, 3.8) is 0 Å². The number of rotatable bonds is 8. The summed E-state index contributed by atoms with van der Waals surface area (Å²) in [5.74, 6) is -0.129. The van der Waals surface area contributed by atoms with Crippen LogP contribution in [0.3, 0.4) is 0 Å². The maximum atomic E-state index is 11.8. The van der Waals surface area contributed by atoms with Gasteiger partial charge in [0.1, 0.15) is 0 Å². The van der Waals surface area contributed by atoms with Crippen LogP contribution in [-0.2, 0) is 9.22 Å². The lowest BCUT2D eigenvalue weighted by Gasteiger charge is -2.36. The summed E-state index contributed by atoms with van der Waals surface area (Å²) < 4.78 is 6.19. The quantitative estimate of drug-likeness (QED) is 0.283. The van der Waals surface area contributed by atoms with Gasteiger partial charge in [0.15, 0.2) is 8.32 Å². The van der Waals surface area contributed by atoms with Gasteiger partial charge in [-0.1, -0.05) is 48.8 Å². The number of hydrogen-bond acceptors (Lipinski definition) is 4. The molecule has 0 aromatic heterocycles. The highest BCUT2D eigenvalue weighted by Gasteiger charge is 2.37. The van der Waals surface area contributed by atoms with E-state index in [1.807, 2.05) is 0 Å². The molecule has 1 aromatic rings. The molecule has 0 fully saturated rings. The summed E-state index contributed by atoms with van der Waals surface area (Å²) in [6, 6.07) is 6.04. The Hall–Kier alpha value is -1.25. The minimum Gasteiger partial charge on any atom is -0.417 e. The van der Waals surface area contributed by atoms with Crippen LogP contribution < -0.4 is 5.32 Å². The van der Waals surface area contributed by atoms with Crippen molar-refractivity contribution in [3.8, 4) is 0 Å². The van der Waals surface area contributed by atoms with Gasteiger partial charge in [-0.05, 0) is 30.1 Å². The monoisotopic (exact) mass is 430 g/mol. The Morgan fingerprint density at radius 1 is 1.32 bits per heavy atom. The van der Waals surface area contributed by atoms with E-state index in [4.69, 9.17) is 4.43 Å². The molecule has 1 N–H and O–H groups in total. The maximum absolute atomic E-state index is 11.8. The minimum absolute atomic E-state index is 0.0341. The van der Waals surface area contributed by atoms with Gasteiger partial charge in [-0.2, -0.15) is 0 Å². The normalized spacial score (nSPS) is 13.4. The van der Waals surface area contributed by atoms with Gasteiger partial charge in [0.25, 0.3) is 5.69 Å². The Balaban J connectivity index is 2.83. The highest BCUT2D eigenvalue weighted by Crippen LogP contribution is 2.36. The van der Waals surface area contributed by atoms with E-state index in [1.165, 1.54) is 12.1 Å². The van der Waals surface area contributed by atoms with Gasteiger partial charge in [0.05, 0.1) is 16.3 Å². The molecular formula is C17H27BrN2O4Si. The van der Waals surface area contributed by atoms with Crippen LogP contribution in [0.2, 0.25) is 18.1 Å². The lowest BCUT2D eigenvalue weighted by Crippen LogP contribution is -2.41. The lowest BCUT2D eigenvalue weighted by molar-refractivity contribution is -0.384. The number of carbonyl (C=O) groups excluding carboxylic acids is 1. The number of halogens is 1. The largest absolute Gasteiger partial charge is 0.417 e. The summed E-state index contributed by atoms with van der Waals surface area (Å²) in [6.07, 6.45) is 0.614. The number of hydrogen-bond donors (Lipinski definition) is 1. The highest BCUT2D eigenvalue weighted by molar-refractivity contribution is 9.09. The third-order valence-corrected chi connectivity index (χ3v) is 9.69. The first-order valence-electron chi connectivity index (χ1n) is 8.21. The number of nitrogens with zero attached hydrogens (tertiary/aromatic N) is 1. The van der Waals surface area contributed by atoms with Crippen molar-refractivity contribution in [1.29, 1.82) is 0 Å². The molecule has 0 saturated heterocycles. The van der Waals surface area contributed by atoms with Gasteiger partial charge in [-0.3, -0.25) is 14.9 Å². The zero-order valence-corrected chi connectivity index (χ0v) is 18.1. The van der Waals surface area contributed by atoms with Gasteiger partial charge < -0.3 is 9.74 Å². The van der Waals surface area contributed by atoms with Crippen molar-refractivity contribution in [3.05, 3.63) is 39.9 Å². The fourth-order valence-electron chi connectivity index (χ4n) is 2.03. The van der Waals surface area contributed by atoms with Crippen molar-refractivity contribution in [1.82, 2.24) is 5.32 Å². The number of non-ortho nitro benzene ring substituents is 1. The Labute approximate surface area is 158 Å². The molecule has 0 saturated carbocycles. The molecule has 0 aliphatic carbocycles. The highest BCUT2D eigenvalue weighted by atomic mass is 79.9. The Morgan fingerprint density at radius 2 is 1.88 bits per heavy atom. The molecule has 1 aromatic carbocycles. The van der Waals surface area contributed by atoms with E-state index in [1.54, 1.807) is 12.1 Å². The molecule has 0 unspecified atom stereocenters. The molecule has 25 heavy (non-hydrogen) atoms. The Kier molecular flexibility index (Phi) is 7.77. The summed E-state index contributed by atoms with van der Waals surface area (Å²) in [7, 11) is -1.86. The van der Waals surface area contributed by atoms with E-state index in [0.717, 1.165) is 5.56 Å². The van der Waals surface area contributed by atoms with E-state index < -0.39 is 13.2 Å². The van der Waals surface area contributed by atoms with E-state index in [0.29, 0.717) is 13.0 Å². The third-order valence-electron chi connectivity index (χ3n) is 4.64. The van der Waals surface area contributed by atoms with E-state index in [2.05, 4.69) is 55.1 Å². The van der Waals surface area contributed by atoms with Gasteiger partial charge in [-0.15, -0.1) is 0 Å². The SMILES string of the molecule is CC(C)(C)[Si](C)(C)OCC[C@@H](NC(=O)CBr)c1ccc([N+](=O)[O-])cc1. The molecule has 1 amide bonds. The number of benzene rings is 1. The predicted molar refractivity (Wildman–Crippen MR) is 106 cm³/mol. The van der Waals surface area contributed by atoms with Gasteiger partial charge in [0, 0.05) is 18.7 Å².